The maximum Gasteiger partial charge on any atom is 0.310 e. The monoisotopic (exact) mass is 248 g/mol. The number of nitrogens with two attached hydrogens (primary N) is 1. The highest BCUT2D eigenvalue weighted by atomic mass is 16.4. The first-order chi connectivity index (χ1) is 8.66. The number of hydrogen-bond acceptors (Lipinski definition) is 3. The molecule has 1 aliphatic rings. The number of carboxylic acids is 1. The van der Waals surface area contributed by atoms with Gasteiger partial charge in [-0.25, -0.2) is 0 Å². The zero-order valence-electron chi connectivity index (χ0n) is 10.5. The summed E-state index contributed by atoms with van der Waals surface area (Å²) >= 11 is 0. The maximum absolute atomic E-state index is 11.5. The summed E-state index contributed by atoms with van der Waals surface area (Å²) in [5, 5.41) is 9.48. The van der Waals surface area contributed by atoms with E-state index < -0.39 is 11.4 Å². The van der Waals surface area contributed by atoms with Gasteiger partial charge in [0.15, 0.2) is 0 Å². The smallest absolute Gasteiger partial charge is 0.310 e. The predicted octanol–water partition coefficient (Wildman–Crippen LogP) is 1.84. The SMILES string of the molecule is NCC(CCc1ccccn1)(CC1CC1)C(=O)O. The highest BCUT2D eigenvalue weighted by Crippen LogP contribution is 2.42. The van der Waals surface area contributed by atoms with E-state index in [2.05, 4.69) is 4.98 Å². The van der Waals surface area contributed by atoms with E-state index in [1.165, 1.54) is 0 Å². The van der Waals surface area contributed by atoms with Gasteiger partial charge in [0.05, 0.1) is 5.41 Å². The Morgan fingerprint density at radius 2 is 2.28 bits per heavy atom. The molecule has 1 aliphatic carbocycles. The number of pyridine rings is 1. The number of aromatic nitrogens is 1. The van der Waals surface area contributed by atoms with Gasteiger partial charge in [0, 0.05) is 18.4 Å². The Kier molecular flexibility index (Phi) is 3.97. The molecule has 1 aromatic rings. The number of carboxylic acid groups (broad SMARTS) is 1. The Morgan fingerprint density at radius 1 is 1.50 bits per heavy atom. The van der Waals surface area contributed by atoms with E-state index in [1.54, 1.807) is 6.20 Å². The molecule has 1 atom stereocenters. The van der Waals surface area contributed by atoms with Crippen LogP contribution in [0, 0.1) is 11.3 Å². The van der Waals surface area contributed by atoms with E-state index >= 15 is 0 Å². The molecular weight excluding hydrogens is 228 g/mol. The van der Waals surface area contributed by atoms with Gasteiger partial charge < -0.3 is 10.8 Å². The fraction of sp³-hybridized carbons (Fsp3) is 0.571. The van der Waals surface area contributed by atoms with Crippen LogP contribution in [-0.4, -0.2) is 22.6 Å². The van der Waals surface area contributed by atoms with Gasteiger partial charge in [-0.2, -0.15) is 0 Å². The molecule has 3 N–H and O–H groups in total. The molecule has 0 saturated heterocycles. The molecule has 0 aromatic carbocycles. The zero-order valence-corrected chi connectivity index (χ0v) is 10.5. The molecule has 1 unspecified atom stereocenters. The van der Waals surface area contributed by atoms with Crippen molar-refractivity contribution in [3.8, 4) is 0 Å². The van der Waals surface area contributed by atoms with Gasteiger partial charge in [-0.05, 0) is 37.3 Å². The second-order valence-corrected chi connectivity index (χ2v) is 5.26. The molecule has 1 fully saturated rings. The van der Waals surface area contributed by atoms with Gasteiger partial charge in [0.1, 0.15) is 0 Å². The Balaban J connectivity index is 2.02. The molecule has 18 heavy (non-hydrogen) atoms. The van der Waals surface area contributed by atoms with Crippen LogP contribution in [0.3, 0.4) is 0 Å². The zero-order chi connectivity index (χ0) is 13.0. The van der Waals surface area contributed by atoms with Crippen molar-refractivity contribution in [1.82, 2.24) is 4.98 Å². The number of carbonyl (C=O) groups is 1. The summed E-state index contributed by atoms with van der Waals surface area (Å²) in [5.41, 5.74) is 5.92. The van der Waals surface area contributed by atoms with E-state index in [1.807, 2.05) is 18.2 Å². The summed E-state index contributed by atoms with van der Waals surface area (Å²) in [6, 6.07) is 5.72. The van der Waals surface area contributed by atoms with Crippen molar-refractivity contribution in [3.05, 3.63) is 30.1 Å². The van der Waals surface area contributed by atoms with Crippen molar-refractivity contribution in [2.75, 3.05) is 6.54 Å². The van der Waals surface area contributed by atoms with Gasteiger partial charge in [-0.1, -0.05) is 18.9 Å². The van der Waals surface area contributed by atoms with Gasteiger partial charge in [0.2, 0.25) is 0 Å². The van der Waals surface area contributed by atoms with Crippen LogP contribution in [0.5, 0.6) is 0 Å². The maximum atomic E-state index is 11.5. The normalized spacial score (nSPS) is 18.3. The third-order valence-electron chi connectivity index (χ3n) is 3.81. The van der Waals surface area contributed by atoms with Gasteiger partial charge in [-0.15, -0.1) is 0 Å². The van der Waals surface area contributed by atoms with Crippen LogP contribution >= 0.6 is 0 Å². The van der Waals surface area contributed by atoms with E-state index in [0.29, 0.717) is 25.2 Å². The molecule has 1 aromatic heterocycles. The fourth-order valence-electron chi connectivity index (χ4n) is 2.36. The summed E-state index contributed by atoms with van der Waals surface area (Å²) in [6.45, 7) is 0.214. The Bertz CT molecular complexity index is 404. The second-order valence-electron chi connectivity index (χ2n) is 5.26. The largest absolute Gasteiger partial charge is 0.481 e. The molecule has 0 radical (unpaired) electrons. The van der Waals surface area contributed by atoms with Crippen molar-refractivity contribution in [3.63, 3.8) is 0 Å². The Hall–Kier alpha value is -1.42. The summed E-state index contributed by atoms with van der Waals surface area (Å²) < 4.78 is 0. The average Bonchev–Trinajstić information content (AvgIpc) is 3.19. The number of hydrogen-bond donors (Lipinski definition) is 2. The van der Waals surface area contributed by atoms with E-state index in [0.717, 1.165) is 18.5 Å². The van der Waals surface area contributed by atoms with Crippen LogP contribution in [0.15, 0.2) is 24.4 Å². The number of aliphatic carboxylic acids is 1. The van der Waals surface area contributed by atoms with Crippen molar-refractivity contribution < 1.29 is 9.90 Å². The van der Waals surface area contributed by atoms with Crippen LogP contribution in [0.1, 0.15) is 31.4 Å². The standard InChI is InChI=1S/C14H20N2O2/c15-10-14(13(17)18,9-11-4-5-11)7-6-12-3-1-2-8-16-12/h1-3,8,11H,4-7,9-10,15H2,(H,17,18). The lowest BCUT2D eigenvalue weighted by Crippen LogP contribution is -2.39. The first kappa shape index (κ1) is 13.0. The van der Waals surface area contributed by atoms with Gasteiger partial charge in [0.25, 0.3) is 0 Å². The first-order valence-corrected chi connectivity index (χ1v) is 6.50. The molecule has 98 valence electrons. The molecule has 0 spiro atoms. The lowest BCUT2D eigenvalue weighted by molar-refractivity contribution is -0.149. The van der Waals surface area contributed by atoms with Crippen LogP contribution in [0.25, 0.3) is 0 Å². The Labute approximate surface area is 107 Å². The third kappa shape index (κ3) is 3.07. The summed E-state index contributed by atoms with van der Waals surface area (Å²) in [7, 11) is 0. The number of nitrogens with zero attached hydrogens (tertiary/aromatic N) is 1. The van der Waals surface area contributed by atoms with Crippen LogP contribution < -0.4 is 5.73 Å². The minimum Gasteiger partial charge on any atom is -0.481 e. The molecule has 2 rings (SSSR count). The summed E-state index contributed by atoms with van der Waals surface area (Å²) in [4.78, 5) is 15.8. The minimum atomic E-state index is -0.765. The minimum absolute atomic E-state index is 0.214. The highest BCUT2D eigenvalue weighted by Gasteiger charge is 2.41. The number of rotatable bonds is 7. The molecule has 4 heteroatoms. The molecule has 0 bridgehead atoms. The topological polar surface area (TPSA) is 76.2 Å². The van der Waals surface area contributed by atoms with Gasteiger partial charge in [-0.3, -0.25) is 9.78 Å². The van der Waals surface area contributed by atoms with Gasteiger partial charge >= 0.3 is 5.97 Å². The lowest BCUT2D eigenvalue weighted by Gasteiger charge is -2.27. The van der Waals surface area contributed by atoms with Crippen molar-refractivity contribution in [1.29, 1.82) is 0 Å². The quantitative estimate of drug-likeness (QED) is 0.772. The molecule has 1 saturated carbocycles. The highest BCUT2D eigenvalue weighted by molar-refractivity contribution is 5.75. The van der Waals surface area contributed by atoms with Crippen molar-refractivity contribution in [2.24, 2.45) is 17.1 Å². The average molecular weight is 248 g/mol. The van der Waals surface area contributed by atoms with Crippen molar-refractivity contribution >= 4 is 5.97 Å². The van der Waals surface area contributed by atoms with E-state index in [9.17, 15) is 9.90 Å². The predicted molar refractivity (Wildman–Crippen MR) is 69.0 cm³/mol. The van der Waals surface area contributed by atoms with E-state index in [-0.39, 0.29) is 6.54 Å². The first-order valence-electron chi connectivity index (χ1n) is 6.50. The Morgan fingerprint density at radius 3 is 2.78 bits per heavy atom. The summed E-state index contributed by atoms with van der Waals surface area (Å²) in [5.74, 6) is -0.193. The van der Waals surface area contributed by atoms with Crippen LogP contribution in [0.2, 0.25) is 0 Å². The molecule has 0 amide bonds. The van der Waals surface area contributed by atoms with Crippen molar-refractivity contribution in [2.45, 2.75) is 32.1 Å². The molecule has 4 nitrogen and oxygen atoms in total. The third-order valence-corrected chi connectivity index (χ3v) is 3.81. The summed E-state index contributed by atoms with van der Waals surface area (Å²) in [6.07, 6.45) is 6.01. The van der Waals surface area contributed by atoms with Crippen LogP contribution in [-0.2, 0) is 11.2 Å². The lowest BCUT2D eigenvalue weighted by atomic mass is 9.78. The molecule has 0 aliphatic heterocycles. The molecular formula is C14H20N2O2. The second kappa shape index (κ2) is 5.48. The number of aryl methyl sites for hydroxylation is 1. The van der Waals surface area contributed by atoms with E-state index in [4.69, 9.17) is 5.73 Å². The fourth-order valence-corrected chi connectivity index (χ4v) is 2.36. The van der Waals surface area contributed by atoms with Crippen LogP contribution in [0.4, 0.5) is 0 Å². The molecule has 1 heterocycles.